The Morgan fingerprint density at radius 2 is 2.05 bits per heavy atom. The number of likely N-dealkylation sites (tertiary alicyclic amines) is 1. The average Bonchev–Trinajstić information content (AvgIpc) is 3.16. The fraction of sp³-hybridized carbons (Fsp3) is 0.467. The van der Waals surface area contributed by atoms with Crippen LogP contribution in [0.5, 0.6) is 0 Å². The lowest BCUT2D eigenvalue weighted by molar-refractivity contribution is -0.127. The normalized spacial score (nSPS) is 14.5. The molecule has 0 bridgehead atoms. The summed E-state index contributed by atoms with van der Waals surface area (Å²) in [6.45, 7) is 5.84. The third kappa shape index (κ3) is 3.14. The molecule has 0 radical (unpaired) electrons. The topological polar surface area (TPSA) is 63.9 Å². The number of aromatic nitrogens is 4. The van der Waals surface area contributed by atoms with E-state index in [1.54, 1.807) is 4.68 Å². The molecule has 0 N–H and O–H groups in total. The highest BCUT2D eigenvalue weighted by atomic mass is 32.2. The maximum Gasteiger partial charge on any atom is 0.233 e. The van der Waals surface area contributed by atoms with E-state index in [4.69, 9.17) is 0 Å². The van der Waals surface area contributed by atoms with Gasteiger partial charge in [0.15, 0.2) is 0 Å². The Balaban J connectivity index is 1.73. The molecule has 3 rings (SSSR count). The highest BCUT2D eigenvalue weighted by Crippen LogP contribution is 2.22. The number of benzene rings is 1. The molecule has 2 heterocycles. The maximum absolute atomic E-state index is 12.1. The molecule has 0 atom stereocenters. The number of thioether (sulfide) groups is 1. The van der Waals surface area contributed by atoms with Crippen molar-refractivity contribution in [2.24, 2.45) is 0 Å². The van der Waals surface area contributed by atoms with Gasteiger partial charge in [0.1, 0.15) is 0 Å². The summed E-state index contributed by atoms with van der Waals surface area (Å²) < 4.78 is 1.71. The molecule has 6 nitrogen and oxygen atoms in total. The molecule has 1 aliphatic heterocycles. The molecule has 1 amide bonds. The van der Waals surface area contributed by atoms with E-state index in [9.17, 15) is 4.79 Å². The number of hydrogen-bond acceptors (Lipinski definition) is 5. The van der Waals surface area contributed by atoms with E-state index in [-0.39, 0.29) is 5.91 Å². The monoisotopic (exact) mass is 317 g/mol. The Labute approximate surface area is 133 Å². The van der Waals surface area contributed by atoms with Gasteiger partial charge in [0, 0.05) is 13.1 Å². The Bertz CT molecular complexity index is 678. The summed E-state index contributed by atoms with van der Waals surface area (Å²) in [5, 5.41) is 12.5. The molecule has 0 saturated carbocycles. The van der Waals surface area contributed by atoms with Gasteiger partial charge in [-0.05, 0) is 48.7 Å². The van der Waals surface area contributed by atoms with Crippen LogP contribution in [0, 0.1) is 13.8 Å². The molecular weight excluding hydrogens is 298 g/mol. The van der Waals surface area contributed by atoms with Crippen LogP contribution in [0.3, 0.4) is 0 Å². The van der Waals surface area contributed by atoms with Gasteiger partial charge in [-0.1, -0.05) is 29.5 Å². The molecule has 0 unspecified atom stereocenters. The van der Waals surface area contributed by atoms with E-state index in [0.717, 1.165) is 37.2 Å². The second-order valence-corrected chi connectivity index (χ2v) is 6.48. The van der Waals surface area contributed by atoms with Crippen LogP contribution < -0.4 is 0 Å². The van der Waals surface area contributed by atoms with Gasteiger partial charge in [0.2, 0.25) is 11.1 Å². The summed E-state index contributed by atoms with van der Waals surface area (Å²) in [5.41, 5.74) is 3.26. The largest absolute Gasteiger partial charge is 0.342 e. The molecule has 1 fully saturated rings. The number of amides is 1. The van der Waals surface area contributed by atoms with Gasteiger partial charge >= 0.3 is 0 Å². The molecule has 1 aromatic carbocycles. The summed E-state index contributed by atoms with van der Waals surface area (Å²) in [6, 6.07) is 6.14. The number of aryl methyl sites for hydroxylation is 2. The highest BCUT2D eigenvalue weighted by molar-refractivity contribution is 7.99. The van der Waals surface area contributed by atoms with Gasteiger partial charge < -0.3 is 4.90 Å². The molecule has 2 aromatic rings. The summed E-state index contributed by atoms with van der Waals surface area (Å²) in [5.74, 6) is 0.545. The third-order valence-corrected chi connectivity index (χ3v) is 4.71. The molecule has 7 heteroatoms. The first-order chi connectivity index (χ1) is 10.6. The van der Waals surface area contributed by atoms with Crippen molar-refractivity contribution >= 4 is 17.7 Å². The second-order valence-electron chi connectivity index (χ2n) is 5.54. The summed E-state index contributed by atoms with van der Waals surface area (Å²) in [6.07, 6.45) is 2.22. The van der Waals surface area contributed by atoms with E-state index in [0.29, 0.717) is 10.9 Å². The van der Waals surface area contributed by atoms with E-state index in [2.05, 4.69) is 28.5 Å². The molecule has 22 heavy (non-hydrogen) atoms. The lowest BCUT2D eigenvalue weighted by Crippen LogP contribution is -2.29. The van der Waals surface area contributed by atoms with Crippen LogP contribution in [0.2, 0.25) is 0 Å². The van der Waals surface area contributed by atoms with E-state index >= 15 is 0 Å². The average molecular weight is 317 g/mol. The standard InChI is InChI=1S/C15H19N5OS/c1-11-5-6-13(12(2)9-11)20-15(16-17-18-20)22-10-14(21)19-7-3-4-8-19/h5-6,9H,3-4,7-8,10H2,1-2H3. The van der Waals surface area contributed by atoms with Crippen molar-refractivity contribution in [1.29, 1.82) is 0 Å². The number of rotatable bonds is 4. The number of tetrazole rings is 1. The predicted octanol–water partition coefficient (Wildman–Crippen LogP) is 1.99. The van der Waals surface area contributed by atoms with E-state index in [1.165, 1.54) is 17.3 Å². The van der Waals surface area contributed by atoms with Crippen LogP contribution in [0.1, 0.15) is 24.0 Å². The zero-order chi connectivity index (χ0) is 15.5. The maximum atomic E-state index is 12.1. The number of nitrogens with zero attached hydrogens (tertiary/aromatic N) is 5. The van der Waals surface area contributed by atoms with Crippen LogP contribution in [0.15, 0.2) is 23.4 Å². The minimum atomic E-state index is 0.165. The summed E-state index contributed by atoms with van der Waals surface area (Å²) in [7, 11) is 0. The van der Waals surface area contributed by atoms with Gasteiger partial charge in [-0.25, -0.2) is 0 Å². The predicted molar refractivity (Wildman–Crippen MR) is 85.2 cm³/mol. The van der Waals surface area contributed by atoms with Crippen molar-refractivity contribution in [3.05, 3.63) is 29.3 Å². The van der Waals surface area contributed by atoms with Gasteiger partial charge in [-0.2, -0.15) is 4.68 Å². The Morgan fingerprint density at radius 1 is 1.27 bits per heavy atom. The van der Waals surface area contributed by atoms with Gasteiger partial charge in [-0.3, -0.25) is 4.79 Å². The first kappa shape index (κ1) is 15.0. The first-order valence-corrected chi connectivity index (χ1v) is 8.40. The lowest BCUT2D eigenvalue weighted by atomic mass is 10.1. The SMILES string of the molecule is Cc1ccc(-n2nnnc2SCC(=O)N2CCCC2)c(C)c1. The number of carbonyl (C=O) groups excluding carboxylic acids is 1. The van der Waals surface area contributed by atoms with E-state index in [1.807, 2.05) is 24.0 Å². The van der Waals surface area contributed by atoms with Crippen molar-refractivity contribution in [3.8, 4) is 5.69 Å². The van der Waals surface area contributed by atoms with Crippen molar-refractivity contribution in [1.82, 2.24) is 25.1 Å². The van der Waals surface area contributed by atoms with Crippen LogP contribution in [0.25, 0.3) is 5.69 Å². The minimum Gasteiger partial charge on any atom is -0.342 e. The van der Waals surface area contributed by atoms with E-state index < -0.39 is 0 Å². The first-order valence-electron chi connectivity index (χ1n) is 7.42. The van der Waals surface area contributed by atoms with Gasteiger partial charge in [0.25, 0.3) is 0 Å². The van der Waals surface area contributed by atoms with Crippen molar-refractivity contribution < 1.29 is 4.79 Å². The van der Waals surface area contributed by atoms with Crippen molar-refractivity contribution in [2.45, 2.75) is 31.8 Å². The molecule has 1 aromatic heterocycles. The quantitative estimate of drug-likeness (QED) is 0.807. The van der Waals surface area contributed by atoms with Crippen LogP contribution in [0.4, 0.5) is 0 Å². The van der Waals surface area contributed by atoms with Gasteiger partial charge in [-0.15, -0.1) is 5.10 Å². The molecule has 1 saturated heterocycles. The Kier molecular flexibility index (Phi) is 4.42. The van der Waals surface area contributed by atoms with Gasteiger partial charge in [0.05, 0.1) is 11.4 Å². The molecule has 1 aliphatic rings. The summed E-state index contributed by atoms with van der Waals surface area (Å²) >= 11 is 1.39. The molecule has 116 valence electrons. The smallest absolute Gasteiger partial charge is 0.233 e. The summed E-state index contributed by atoms with van der Waals surface area (Å²) in [4.78, 5) is 14.0. The van der Waals surface area contributed by atoms with Crippen LogP contribution in [-0.2, 0) is 4.79 Å². The van der Waals surface area contributed by atoms with Crippen LogP contribution in [-0.4, -0.2) is 49.9 Å². The molecular formula is C15H19N5OS. The Morgan fingerprint density at radius 3 is 2.77 bits per heavy atom. The molecule has 0 aliphatic carbocycles. The molecule has 0 spiro atoms. The number of carbonyl (C=O) groups is 1. The zero-order valence-electron chi connectivity index (χ0n) is 12.8. The minimum absolute atomic E-state index is 0.165. The highest BCUT2D eigenvalue weighted by Gasteiger charge is 2.19. The lowest BCUT2D eigenvalue weighted by Gasteiger charge is -2.14. The van der Waals surface area contributed by atoms with Crippen molar-refractivity contribution in [2.75, 3.05) is 18.8 Å². The third-order valence-electron chi connectivity index (χ3n) is 3.80. The van der Waals surface area contributed by atoms with Crippen LogP contribution >= 0.6 is 11.8 Å². The Hall–Kier alpha value is -1.89. The fourth-order valence-corrected chi connectivity index (χ4v) is 3.43. The fourth-order valence-electron chi connectivity index (χ4n) is 2.65. The second kappa shape index (κ2) is 6.48. The van der Waals surface area contributed by atoms with Crippen molar-refractivity contribution in [3.63, 3.8) is 0 Å². The number of hydrogen-bond donors (Lipinski definition) is 0. The zero-order valence-corrected chi connectivity index (χ0v) is 13.6.